The van der Waals surface area contributed by atoms with Gasteiger partial charge < -0.3 is 13.8 Å². The summed E-state index contributed by atoms with van der Waals surface area (Å²) < 4.78 is 12.6. The highest BCUT2D eigenvalue weighted by Gasteiger charge is 2.15. The molecule has 0 saturated carbocycles. The van der Waals surface area contributed by atoms with E-state index in [0.717, 1.165) is 47.5 Å². The van der Waals surface area contributed by atoms with Crippen LogP contribution in [0, 0.1) is 0 Å². The molecule has 1 aromatic carbocycles. The van der Waals surface area contributed by atoms with E-state index >= 15 is 0 Å². The zero-order chi connectivity index (χ0) is 17.6. The lowest BCUT2D eigenvalue weighted by atomic mass is 10.2. The van der Waals surface area contributed by atoms with Crippen LogP contribution in [0.25, 0.3) is 11.4 Å². The van der Waals surface area contributed by atoms with E-state index in [1.165, 1.54) is 0 Å². The largest absolute Gasteiger partial charge is 0.497 e. The van der Waals surface area contributed by atoms with Crippen LogP contribution in [0.5, 0.6) is 5.75 Å². The number of rotatable bonds is 8. The molecule has 0 aliphatic rings. The Kier molecular flexibility index (Phi) is 5.70. The van der Waals surface area contributed by atoms with Crippen molar-refractivity contribution < 1.29 is 9.26 Å². The van der Waals surface area contributed by atoms with Crippen LogP contribution < -0.4 is 4.74 Å². The van der Waals surface area contributed by atoms with Crippen LogP contribution in [0.15, 0.2) is 33.9 Å². The molecule has 7 nitrogen and oxygen atoms in total. The maximum Gasteiger partial charge on any atom is 0.237 e. The van der Waals surface area contributed by atoms with Gasteiger partial charge in [0.1, 0.15) is 5.75 Å². The van der Waals surface area contributed by atoms with Crippen LogP contribution in [-0.4, -0.2) is 32.0 Å². The quantitative estimate of drug-likeness (QED) is 0.569. The Morgan fingerprint density at radius 1 is 1.16 bits per heavy atom. The van der Waals surface area contributed by atoms with Gasteiger partial charge in [-0.1, -0.05) is 23.8 Å². The first-order valence-corrected chi connectivity index (χ1v) is 9.25. The molecule has 2 aromatic heterocycles. The predicted octanol–water partition coefficient (Wildman–Crippen LogP) is 3.60. The second-order valence-electron chi connectivity index (χ2n) is 5.42. The average molecular weight is 359 g/mol. The topological polar surface area (TPSA) is 78.9 Å². The summed E-state index contributed by atoms with van der Waals surface area (Å²) in [7, 11) is 1.65. The Morgan fingerprint density at radius 2 is 1.96 bits per heavy atom. The van der Waals surface area contributed by atoms with Gasteiger partial charge in [0.05, 0.1) is 12.9 Å². The van der Waals surface area contributed by atoms with Gasteiger partial charge in [-0.15, -0.1) is 10.2 Å². The number of methoxy groups -OCH3 is 1. The number of hydrogen-bond acceptors (Lipinski definition) is 7. The van der Waals surface area contributed by atoms with Gasteiger partial charge in [0.25, 0.3) is 0 Å². The monoisotopic (exact) mass is 359 g/mol. The van der Waals surface area contributed by atoms with Crippen LogP contribution in [0.2, 0.25) is 0 Å². The highest BCUT2D eigenvalue weighted by atomic mass is 32.2. The van der Waals surface area contributed by atoms with Gasteiger partial charge in [-0.05, 0) is 37.6 Å². The molecule has 2 heterocycles. The molecule has 0 radical (unpaired) electrons. The van der Waals surface area contributed by atoms with Gasteiger partial charge in [0.15, 0.2) is 16.8 Å². The molecule has 0 spiro atoms. The highest BCUT2D eigenvalue weighted by Crippen LogP contribution is 2.27. The van der Waals surface area contributed by atoms with E-state index in [0.29, 0.717) is 11.6 Å². The molecule has 0 aliphatic heterocycles. The number of hydrogen-bond donors (Lipinski definition) is 0. The Hall–Kier alpha value is -2.35. The van der Waals surface area contributed by atoms with Crippen molar-refractivity contribution >= 4 is 11.8 Å². The van der Waals surface area contributed by atoms with Crippen LogP contribution >= 0.6 is 11.8 Å². The van der Waals surface area contributed by atoms with Gasteiger partial charge in [-0.3, -0.25) is 0 Å². The Balaban J connectivity index is 1.74. The molecule has 0 fully saturated rings. The lowest BCUT2D eigenvalue weighted by Gasteiger charge is -2.07. The first-order chi connectivity index (χ1) is 12.2. The molecule has 3 aromatic rings. The zero-order valence-corrected chi connectivity index (χ0v) is 15.4. The molecule has 0 amide bonds. The maximum absolute atomic E-state index is 5.28. The van der Waals surface area contributed by atoms with Crippen LogP contribution in [0.1, 0.15) is 32.0 Å². The summed E-state index contributed by atoms with van der Waals surface area (Å²) in [4.78, 5) is 4.38. The number of ether oxygens (including phenoxy) is 1. The number of thioether (sulfide) groups is 1. The van der Waals surface area contributed by atoms with Crippen molar-refractivity contribution in [3.8, 4) is 17.1 Å². The van der Waals surface area contributed by atoms with Gasteiger partial charge in [-0.25, -0.2) is 0 Å². The fraction of sp³-hybridized carbons (Fsp3) is 0.412. The second kappa shape index (κ2) is 8.15. The molecular weight excluding hydrogens is 338 g/mol. The molecule has 0 bridgehead atoms. The number of aryl methyl sites for hydroxylation is 1. The highest BCUT2D eigenvalue weighted by molar-refractivity contribution is 7.98. The summed E-state index contributed by atoms with van der Waals surface area (Å²) in [6, 6.07) is 7.81. The van der Waals surface area contributed by atoms with E-state index in [1.807, 2.05) is 24.3 Å². The van der Waals surface area contributed by atoms with Gasteiger partial charge in [0, 0.05) is 18.5 Å². The summed E-state index contributed by atoms with van der Waals surface area (Å²) in [5.41, 5.74) is 1.00. The Bertz CT molecular complexity index is 813. The van der Waals surface area contributed by atoms with Crippen molar-refractivity contribution in [2.45, 2.75) is 44.1 Å². The van der Waals surface area contributed by atoms with E-state index in [-0.39, 0.29) is 0 Å². The summed E-state index contributed by atoms with van der Waals surface area (Å²) in [6.45, 7) is 4.95. The van der Waals surface area contributed by atoms with Gasteiger partial charge >= 0.3 is 0 Å². The molecular formula is C17H21N5O2S. The summed E-state index contributed by atoms with van der Waals surface area (Å²) in [5, 5.41) is 13.5. The number of nitrogens with zero attached hydrogens (tertiary/aromatic N) is 5. The molecule has 0 aliphatic carbocycles. The Labute approximate surface area is 150 Å². The average Bonchev–Trinajstić information content (AvgIpc) is 3.26. The van der Waals surface area contributed by atoms with Crippen LogP contribution in [-0.2, 0) is 18.7 Å². The molecule has 0 unspecified atom stereocenters. The molecule has 0 saturated heterocycles. The fourth-order valence-electron chi connectivity index (χ4n) is 2.43. The lowest BCUT2D eigenvalue weighted by molar-refractivity contribution is 0.384. The van der Waals surface area contributed by atoms with Crippen molar-refractivity contribution in [2.24, 2.45) is 0 Å². The third-order valence-corrected chi connectivity index (χ3v) is 4.64. The van der Waals surface area contributed by atoms with E-state index in [1.54, 1.807) is 18.9 Å². The maximum atomic E-state index is 5.28. The number of benzene rings is 1. The SMILES string of the molecule is CCCc1noc(CSc2nnc(-c3ccc(OC)cc3)n2CC)n1. The minimum Gasteiger partial charge on any atom is -0.497 e. The van der Waals surface area contributed by atoms with E-state index in [4.69, 9.17) is 9.26 Å². The van der Waals surface area contributed by atoms with Crippen molar-refractivity contribution in [3.05, 3.63) is 36.0 Å². The fourth-order valence-corrected chi connectivity index (χ4v) is 3.27. The van der Waals surface area contributed by atoms with E-state index in [9.17, 15) is 0 Å². The second-order valence-corrected chi connectivity index (χ2v) is 6.36. The van der Waals surface area contributed by atoms with E-state index in [2.05, 4.69) is 38.8 Å². The van der Waals surface area contributed by atoms with Crippen LogP contribution in [0.3, 0.4) is 0 Å². The number of aromatic nitrogens is 5. The summed E-state index contributed by atoms with van der Waals surface area (Å²) in [6.07, 6.45) is 1.84. The van der Waals surface area contributed by atoms with Gasteiger partial charge in [-0.2, -0.15) is 4.98 Å². The third-order valence-electron chi connectivity index (χ3n) is 3.69. The predicted molar refractivity (Wildman–Crippen MR) is 95.5 cm³/mol. The molecule has 3 rings (SSSR count). The minimum atomic E-state index is 0.581. The lowest BCUT2D eigenvalue weighted by Crippen LogP contribution is -2.00. The minimum absolute atomic E-state index is 0.581. The third kappa shape index (κ3) is 4.01. The van der Waals surface area contributed by atoms with Crippen molar-refractivity contribution in [1.29, 1.82) is 0 Å². The van der Waals surface area contributed by atoms with Crippen molar-refractivity contribution in [1.82, 2.24) is 24.9 Å². The molecule has 25 heavy (non-hydrogen) atoms. The molecule has 0 atom stereocenters. The van der Waals surface area contributed by atoms with Crippen LogP contribution in [0.4, 0.5) is 0 Å². The molecule has 8 heteroatoms. The first-order valence-electron chi connectivity index (χ1n) is 8.27. The Morgan fingerprint density at radius 3 is 2.64 bits per heavy atom. The van der Waals surface area contributed by atoms with Crippen molar-refractivity contribution in [3.63, 3.8) is 0 Å². The summed E-state index contributed by atoms with van der Waals surface area (Å²) in [5.74, 6) is 3.61. The normalized spacial score (nSPS) is 11.0. The van der Waals surface area contributed by atoms with E-state index < -0.39 is 0 Å². The molecule has 0 N–H and O–H groups in total. The first kappa shape index (κ1) is 17.5. The summed E-state index contributed by atoms with van der Waals surface area (Å²) >= 11 is 1.55. The van der Waals surface area contributed by atoms with Crippen molar-refractivity contribution in [2.75, 3.05) is 7.11 Å². The van der Waals surface area contributed by atoms with Gasteiger partial charge in [0.2, 0.25) is 5.89 Å². The molecule has 132 valence electrons. The zero-order valence-electron chi connectivity index (χ0n) is 14.6. The smallest absolute Gasteiger partial charge is 0.237 e. The standard InChI is InChI=1S/C17H21N5O2S/c1-4-6-14-18-15(24-21-14)11-25-17-20-19-16(22(17)5-2)12-7-9-13(23-3)10-8-12/h7-10H,4-6,11H2,1-3H3.